The maximum absolute atomic E-state index is 13.3. The molecule has 0 aromatic heterocycles. The van der Waals surface area contributed by atoms with Crippen molar-refractivity contribution in [2.45, 2.75) is 31.9 Å². The van der Waals surface area contributed by atoms with Crippen LogP contribution in [0, 0.1) is 11.7 Å². The average molecular weight is 551 g/mol. The van der Waals surface area contributed by atoms with E-state index in [1.54, 1.807) is 13.1 Å². The molecule has 1 aliphatic rings. The van der Waals surface area contributed by atoms with Crippen molar-refractivity contribution in [2.24, 2.45) is 10.9 Å². The number of nitrogens with one attached hydrogen (secondary N) is 2. The average Bonchev–Trinajstić information content (AvgIpc) is 3.00. The number of benzene rings is 1. The summed E-state index contributed by atoms with van der Waals surface area (Å²) in [6, 6.07) is 4.34. The van der Waals surface area contributed by atoms with E-state index in [1.807, 2.05) is 13.8 Å². The molecule has 0 aliphatic carbocycles. The van der Waals surface area contributed by atoms with Crippen LogP contribution in [0.5, 0.6) is 0 Å². The Morgan fingerprint density at radius 2 is 1.97 bits per heavy atom. The van der Waals surface area contributed by atoms with Gasteiger partial charge in [-0.2, -0.15) is 13.2 Å². The number of hydrogen-bond donors (Lipinski definition) is 2. The minimum Gasteiger partial charge on any atom is -0.356 e. The summed E-state index contributed by atoms with van der Waals surface area (Å²) in [5, 5.41) is 6.76. The normalized spacial score (nSPS) is 18.5. The lowest BCUT2D eigenvalue weighted by atomic mass is 9.84. The highest BCUT2D eigenvalue weighted by molar-refractivity contribution is 14.0. The van der Waals surface area contributed by atoms with Crippen molar-refractivity contribution < 1.29 is 17.6 Å². The van der Waals surface area contributed by atoms with Gasteiger partial charge < -0.3 is 10.6 Å². The maximum atomic E-state index is 13.3. The number of nitrogens with zero attached hydrogens (tertiary/aromatic N) is 2. The molecule has 0 bridgehead atoms. The molecule has 1 atom stereocenters. The first-order valence-corrected chi connectivity index (χ1v) is 9.57. The summed E-state index contributed by atoms with van der Waals surface area (Å²) in [5.41, 5.74) is 0.441. The van der Waals surface area contributed by atoms with Crippen molar-refractivity contribution >= 4 is 41.5 Å². The van der Waals surface area contributed by atoms with Crippen LogP contribution >= 0.6 is 35.6 Å². The predicted octanol–water partition coefficient (Wildman–Crippen LogP) is 4.42. The Morgan fingerprint density at radius 3 is 2.55 bits per heavy atom. The molecule has 29 heavy (non-hydrogen) atoms. The lowest BCUT2D eigenvalue weighted by molar-refractivity contribution is -0.143. The first-order valence-electron chi connectivity index (χ1n) is 9.19. The van der Waals surface area contributed by atoms with Crippen molar-refractivity contribution in [2.75, 3.05) is 39.8 Å². The number of alkyl halides is 3. The highest BCUT2D eigenvalue weighted by Crippen LogP contribution is 2.30. The highest BCUT2D eigenvalue weighted by atomic mass is 127. The van der Waals surface area contributed by atoms with E-state index in [0.717, 1.165) is 12.0 Å². The molecule has 166 valence electrons. The van der Waals surface area contributed by atoms with Gasteiger partial charge in [-0.25, -0.2) is 4.39 Å². The van der Waals surface area contributed by atoms with Gasteiger partial charge in [0.1, 0.15) is 5.82 Å². The minimum atomic E-state index is -4.16. The standard InChI is InChI=1S/C19H27ClF4N4.HI/c1-18(2,15-5-4-14(21)8-16(15)20)11-27-17(25-3)26-9-13-6-7-28(10-13)12-19(22,23)24;/h4-5,8,13H,6-7,9-12H2,1-3H3,(H2,25,26,27);1H. The number of rotatable bonds is 6. The molecule has 1 aromatic carbocycles. The van der Waals surface area contributed by atoms with Crippen LogP contribution < -0.4 is 10.6 Å². The first-order chi connectivity index (χ1) is 13.0. The summed E-state index contributed by atoms with van der Waals surface area (Å²) in [7, 11) is 1.64. The predicted molar refractivity (Wildman–Crippen MR) is 120 cm³/mol. The third-order valence-corrected chi connectivity index (χ3v) is 5.23. The zero-order chi connectivity index (χ0) is 20.9. The molecule has 2 N–H and O–H groups in total. The molecule has 0 saturated carbocycles. The van der Waals surface area contributed by atoms with Crippen LogP contribution in [0.3, 0.4) is 0 Å². The Labute approximate surface area is 191 Å². The van der Waals surface area contributed by atoms with Crippen LogP contribution in [-0.2, 0) is 5.41 Å². The smallest absolute Gasteiger partial charge is 0.356 e. The molecular weight excluding hydrogens is 523 g/mol. The second-order valence-electron chi connectivity index (χ2n) is 7.82. The van der Waals surface area contributed by atoms with Crippen molar-refractivity contribution in [1.82, 2.24) is 15.5 Å². The van der Waals surface area contributed by atoms with E-state index in [4.69, 9.17) is 11.6 Å². The van der Waals surface area contributed by atoms with E-state index < -0.39 is 12.7 Å². The lowest BCUT2D eigenvalue weighted by Gasteiger charge is -2.28. The topological polar surface area (TPSA) is 39.7 Å². The van der Waals surface area contributed by atoms with E-state index in [9.17, 15) is 17.6 Å². The van der Waals surface area contributed by atoms with E-state index in [1.165, 1.54) is 17.0 Å². The second-order valence-corrected chi connectivity index (χ2v) is 8.23. The Hall–Kier alpha value is -0.810. The third kappa shape index (κ3) is 8.45. The largest absolute Gasteiger partial charge is 0.401 e. The Kier molecular flexibility index (Phi) is 9.94. The molecular formula is C19H28ClF4IN4. The fourth-order valence-electron chi connectivity index (χ4n) is 3.38. The Morgan fingerprint density at radius 1 is 1.28 bits per heavy atom. The lowest BCUT2D eigenvalue weighted by Crippen LogP contribution is -2.45. The minimum absolute atomic E-state index is 0. The number of aliphatic imine (C=N–C) groups is 1. The maximum Gasteiger partial charge on any atom is 0.401 e. The van der Waals surface area contributed by atoms with E-state index >= 15 is 0 Å². The summed E-state index contributed by atoms with van der Waals surface area (Å²) in [4.78, 5) is 5.60. The summed E-state index contributed by atoms with van der Waals surface area (Å²) in [6.45, 7) is 5.03. The zero-order valence-corrected chi connectivity index (χ0v) is 19.8. The van der Waals surface area contributed by atoms with E-state index in [-0.39, 0.29) is 41.1 Å². The molecule has 10 heteroatoms. The molecule has 2 rings (SSSR count). The van der Waals surface area contributed by atoms with Crippen LogP contribution in [0.1, 0.15) is 25.8 Å². The van der Waals surface area contributed by atoms with Gasteiger partial charge in [0.2, 0.25) is 0 Å². The van der Waals surface area contributed by atoms with Crippen LogP contribution in [-0.4, -0.2) is 56.8 Å². The fourth-order valence-corrected chi connectivity index (χ4v) is 3.80. The molecule has 0 spiro atoms. The summed E-state index contributed by atoms with van der Waals surface area (Å²) in [6.07, 6.45) is -3.44. The number of guanidine groups is 1. The van der Waals surface area contributed by atoms with Gasteiger partial charge >= 0.3 is 6.18 Å². The molecule has 1 heterocycles. The van der Waals surface area contributed by atoms with Gasteiger partial charge in [-0.15, -0.1) is 24.0 Å². The van der Waals surface area contributed by atoms with Crippen LogP contribution in [0.4, 0.5) is 17.6 Å². The van der Waals surface area contributed by atoms with Gasteiger partial charge in [-0.3, -0.25) is 9.89 Å². The van der Waals surface area contributed by atoms with Crippen molar-refractivity contribution in [3.8, 4) is 0 Å². The third-order valence-electron chi connectivity index (χ3n) is 4.91. The quantitative estimate of drug-likeness (QED) is 0.238. The van der Waals surface area contributed by atoms with Crippen LogP contribution in [0.2, 0.25) is 5.02 Å². The second kappa shape index (κ2) is 11.0. The molecule has 4 nitrogen and oxygen atoms in total. The monoisotopic (exact) mass is 550 g/mol. The van der Waals surface area contributed by atoms with E-state index in [0.29, 0.717) is 37.2 Å². The molecule has 1 aliphatic heterocycles. The summed E-state index contributed by atoms with van der Waals surface area (Å²) in [5.74, 6) is 0.326. The molecule has 1 fully saturated rings. The van der Waals surface area contributed by atoms with Crippen molar-refractivity contribution in [3.05, 3.63) is 34.6 Å². The van der Waals surface area contributed by atoms with Crippen molar-refractivity contribution in [1.29, 1.82) is 0 Å². The summed E-state index contributed by atoms with van der Waals surface area (Å²) >= 11 is 6.17. The van der Waals surface area contributed by atoms with Gasteiger partial charge in [-0.05, 0) is 36.6 Å². The van der Waals surface area contributed by atoms with Gasteiger partial charge in [0.15, 0.2) is 5.96 Å². The molecule has 0 amide bonds. The molecule has 0 radical (unpaired) electrons. The van der Waals surface area contributed by atoms with Gasteiger partial charge in [-0.1, -0.05) is 31.5 Å². The Bertz CT molecular complexity index is 697. The molecule has 1 aromatic rings. The fraction of sp³-hybridized carbons (Fsp3) is 0.632. The van der Waals surface area contributed by atoms with E-state index in [2.05, 4.69) is 15.6 Å². The first kappa shape index (κ1) is 26.2. The van der Waals surface area contributed by atoms with Crippen LogP contribution in [0.15, 0.2) is 23.2 Å². The van der Waals surface area contributed by atoms with Gasteiger partial charge in [0.25, 0.3) is 0 Å². The van der Waals surface area contributed by atoms with Crippen LogP contribution in [0.25, 0.3) is 0 Å². The number of hydrogen-bond acceptors (Lipinski definition) is 2. The molecule has 1 saturated heterocycles. The van der Waals surface area contributed by atoms with Crippen molar-refractivity contribution in [3.63, 3.8) is 0 Å². The highest BCUT2D eigenvalue weighted by Gasteiger charge is 2.34. The number of likely N-dealkylation sites (tertiary alicyclic amines) is 1. The summed E-state index contributed by atoms with van der Waals surface area (Å²) < 4.78 is 50.7. The Balaban J connectivity index is 0.00000420. The van der Waals surface area contributed by atoms with Gasteiger partial charge in [0, 0.05) is 37.1 Å². The molecule has 1 unspecified atom stereocenters. The number of halogens is 6. The van der Waals surface area contributed by atoms with Gasteiger partial charge in [0.05, 0.1) is 6.54 Å². The zero-order valence-electron chi connectivity index (χ0n) is 16.7. The SMILES string of the molecule is CN=C(NCC1CCN(CC(F)(F)F)C1)NCC(C)(C)c1ccc(F)cc1Cl.I.